The maximum Gasteiger partial charge on any atom is 0.303 e. The summed E-state index contributed by atoms with van der Waals surface area (Å²) in [6.07, 6.45) is 9.85. The Balaban J connectivity index is 1.40. The van der Waals surface area contributed by atoms with Crippen molar-refractivity contribution < 1.29 is 23.1 Å². The Labute approximate surface area is 202 Å². The first-order chi connectivity index (χ1) is 16.4. The second-order valence-corrected chi connectivity index (χ2v) is 11.1. The van der Waals surface area contributed by atoms with Crippen LogP contribution < -0.4 is 9.46 Å². The van der Waals surface area contributed by atoms with E-state index in [9.17, 15) is 13.2 Å². The van der Waals surface area contributed by atoms with Crippen LogP contribution in [-0.2, 0) is 14.8 Å². The van der Waals surface area contributed by atoms with Crippen molar-refractivity contribution in [3.8, 4) is 16.9 Å². The third-order valence-electron chi connectivity index (χ3n) is 7.30. The molecule has 0 aromatic heterocycles. The number of carboxylic acid groups (broad SMARTS) is 1. The third kappa shape index (κ3) is 5.70. The number of allylic oxidation sites excluding steroid dienone is 2. The topological polar surface area (TPSA) is 92.7 Å². The summed E-state index contributed by atoms with van der Waals surface area (Å²) in [5.74, 6) is 1.25. The number of ether oxygens (including phenoxy) is 1. The molecule has 4 atom stereocenters. The fourth-order valence-corrected chi connectivity index (χ4v) is 6.89. The smallest absolute Gasteiger partial charge is 0.303 e. The molecule has 2 aromatic rings. The highest BCUT2D eigenvalue weighted by Gasteiger charge is 2.48. The molecule has 0 unspecified atom stereocenters. The number of carboxylic acids is 1. The average Bonchev–Trinajstić information content (AvgIpc) is 3.43. The van der Waals surface area contributed by atoms with Gasteiger partial charge in [-0.1, -0.05) is 36.4 Å². The number of hydrogen-bond acceptors (Lipinski definition) is 4. The van der Waals surface area contributed by atoms with Crippen molar-refractivity contribution in [2.24, 2.45) is 17.8 Å². The molecule has 0 aliphatic heterocycles. The zero-order valence-electron chi connectivity index (χ0n) is 19.5. The zero-order chi connectivity index (χ0) is 24.1. The van der Waals surface area contributed by atoms with Crippen LogP contribution in [0, 0.1) is 17.8 Å². The molecule has 182 valence electrons. The lowest BCUT2D eigenvalue weighted by Crippen LogP contribution is -2.43. The summed E-state index contributed by atoms with van der Waals surface area (Å²) in [6.45, 7) is 0. The van der Waals surface area contributed by atoms with Gasteiger partial charge < -0.3 is 9.84 Å². The zero-order valence-corrected chi connectivity index (χ0v) is 20.3. The van der Waals surface area contributed by atoms with Crippen LogP contribution in [0.25, 0.3) is 11.1 Å². The van der Waals surface area contributed by atoms with Gasteiger partial charge in [-0.05, 0) is 91.7 Å². The molecule has 4 rings (SSSR count). The van der Waals surface area contributed by atoms with Gasteiger partial charge in [-0.25, -0.2) is 13.1 Å². The van der Waals surface area contributed by atoms with Gasteiger partial charge in [0.15, 0.2) is 0 Å². The summed E-state index contributed by atoms with van der Waals surface area (Å²) in [7, 11) is -1.99. The summed E-state index contributed by atoms with van der Waals surface area (Å²) >= 11 is 0. The first kappa shape index (κ1) is 24.5. The summed E-state index contributed by atoms with van der Waals surface area (Å²) in [6, 6.07) is 14.7. The third-order valence-corrected chi connectivity index (χ3v) is 8.78. The maximum absolute atomic E-state index is 13.2. The number of nitrogens with one attached hydrogen (secondary N) is 1. The van der Waals surface area contributed by atoms with E-state index < -0.39 is 16.0 Å². The summed E-state index contributed by atoms with van der Waals surface area (Å²) in [4.78, 5) is 10.9. The number of fused-ring (bicyclic) bond motifs is 2. The van der Waals surface area contributed by atoms with Crippen LogP contribution in [0.2, 0.25) is 0 Å². The number of methoxy groups -OCH3 is 1. The van der Waals surface area contributed by atoms with Crippen LogP contribution >= 0.6 is 0 Å². The summed E-state index contributed by atoms with van der Waals surface area (Å²) < 4.78 is 34.7. The van der Waals surface area contributed by atoms with Gasteiger partial charge in [0.05, 0.1) is 12.0 Å². The Bertz CT molecular complexity index is 1110. The van der Waals surface area contributed by atoms with E-state index in [1.54, 1.807) is 19.2 Å². The fraction of sp³-hybridized carbons (Fsp3) is 0.444. The quantitative estimate of drug-likeness (QED) is 0.336. The first-order valence-corrected chi connectivity index (χ1v) is 13.5. The molecule has 0 saturated heterocycles. The van der Waals surface area contributed by atoms with Crippen LogP contribution in [0.15, 0.2) is 65.6 Å². The van der Waals surface area contributed by atoms with E-state index in [0.29, 0.717) is 24.2 Å². The van der Waals surface area contributed by atoms with Gasteiger partial charge in [0.1, 0.15) is 5.75 Å². The normalized spacial score (nSPS) is 24.0. The van der Waals surface area contributed by atoms with E-state index in [1.165, 1.54) is 0 Å². The molecule has 0 spiro atoms. The van der Waals surface area contributed by atoms with E-state index in [0.717, 1.165) is 49.0 Å². The molecule has 7 heteroatoms. The molecule has 2 aliphatic rings. The molecule has 2 saturated carbocycles. The van der Waals surface area contributed by atoms with E-state index >= 15 is 0 Å². The van der Waals surface area contributed by atoms with Crippen molar-refractivity contribution in [3.05, 3.63) is 60.7 Å². The second-order valence-electron chi connectivity index (χ2n) is 9.39. The first-order valence-electron chi connectivity index (χ1n) is 12.0. The Morgan fingerprint density at radius 2 is 1.68 bits per heavy atom. The predicted octanol–water partition coefficient (Wildman–Crippen LogP) is 5.26. The molecule has 2 fully saturated rings. The SMILES string of the molecule is COc1ccc(-c2ccc(S(=O)(=O)N[C@@H]3[C@@H]4CC[C@@H](C4)[C@H]3C/C=C\CCCC(=O)O)cc2)cc1. The highest BCUT2D eigenvalue weighted by molar-refractivity contribution is 7.89. The lowest BCUT2D eigenvalue weighted by molar-refractivity contribution is -0.137. The highest BCUT2D eigenvalue weighted by atomic mass is 32.2. The molecule has 2 aromatic carbocycles. The molecule has 0 amide bonds. The molecule has 2 bridgehead atoms. The number of benzene rings is 2. The van der Waals surface area contributed by atoms with Crippen LogP contribution in [0.5, 0.6) is 5.75 Å². The van der Waals surface area contributed by atoms with Crippen molar-refractivity contribution in [2.45, 2.75) is 55.9 Å². The molecule has 6 nitrogen and oxygen atoms in total. The largest absolute Gasteiger partial charge is 0.497 e. The molecule has 34 heavy (non-hydrogen) atoms. The minimum atomic E-state index is -3.62. The van der Waals surface area contributed by atoms with Crippen molar-refractivity contribution in [3.63, 3.8) is 0 Å². The van der Waals surface area contributed by atoms with Gasteiger partial charge in [0.2, 0.25) is 10.0 Å². The number of unbranched alkanes of at least 4 members (excludes halogenated alkanes) is 1. The van der Waals surface area contributed by atoms with Crippen LogP contribution in [0.1, 0.15) is 44.9 Å². The fourth-order valence-electron chi connectivity index (χ4n) is 5.53. The van der Waals surface area contributed by atoms with Crippen molar-refractivity contribution in [1.29, 1.82) is 0 Å². The Hall–Kier alpha value is -2.64. The number of hydrogen-bond donors (Lipinski definition) is 2. The van der Waals surface area contributed by atoms with E-state index in [4.69, 9.17) is 9.84 Å². The van der Waals surface area contributed by atoms with Gasteiger partial charge in [0, 0.05) is 12.5 Å². The minimum absolute atomic E-state index is 0.0475. The second kappa shape index (κ2) is 10.7. The monoisotopic (exact) mass is 483 g/mol. The molecule has 0 heterocycles. The molecule has 0 radical (unpaired) electrons. The van der Waals surface area contributed by atoms with Crippen molar-refractivity contribution in [1.82, 2.24) is 4.72 Å². The minimum Gasteiger partial charge on any atom is -0.497 e. The van der Waals surface area contributed by atoms with Gasteiger partial charge in [0.25, 0.3) is 0 Å². The van der Waals surface area contributed by atoms with Crippen LogP contribution in [0.3, 0.4) is 0 Å². The maximum atomic E-state index is 13.2. The van der Waals surface area contributed by atoms with Gasteiger partial charge in [-0.15, -0.1) is 0 Å². The Kier molecular flexibility index (Phi) is 7.73. The number of rotatable bonds is 11. The van der Waals surface area contributed by atoms with Crippen molar-refractivity contribution >= 4 is 16.0 Å². The molecule has 2 N–H and O–H groups in total. The molecular weight excluding hydrogens is 450 g/mol. The number of carbonyl (C=O) groups is 1. The number of aliphatic carboxylic acids is 1. The Morgan fingerprint density at radius 1 is 1.03 bits per heavy atom. The predicted molar refractivity (Wildman–Crippen MR) is 132 cm³/mol. The Morgan fingerprint density at radius 3 is 2.32 bits per heavy atom. The standard InChI is InChI=1S/C27H33NO5S/c1-33-23-14-10-19(11-15-23)20-12-16-24(17-13-20)34(31,32)28-27-22-9-8-21(18-22)25(27)6-4-2-3-5-7-26(29)30/h2,4,10-17,21-22,25,27-28H,3,5-9,18H2,1H3,(H,29,30)/b4-2-/t21-,22+,25+,27+/m0/s1. The average molecular weight is 484 g/mol. The van der Waals surface area contributed by atoms with Gasteiger partial charge >= 0.3 is 5.97 Å². The number of sulfonamides is 1. The van der Waals surface area contributed by atoms with E-state index in [2.05, 4.69) is 10.8 Å². The van der Waals surface area contributed by atoms with E-state index in [-0.39, 0.29) is 17.4 Å². The van der Waals surface area contributed by atoms with Crippen molar-refractivity contribution in [2.75, 3.05) is 7.11 Å². The summed E-state index contributed by atoms with van der Waals surface area (Å²) in [5.41, 5.74) is 1.95. The van der Waals surface area contributed by atoms with E-state index in [1.807, 2.05) is 42.5 Å². The van der Waals surface area contributed by atoms with Gasteiger partial charge in [-0.3, -0.25) is 4.79 Å². The summed E-state index contributed by atoms with van der Waals surface area (Å²) in [5, 5.41) is 8.75. The van der Waals surface area contributed by atoms with Crippen LogP contribution in [-0.4, -0.2) is 32.6 Å². The highest BCUT2D eigenvalue weighted by Crippen LogP contribution is 2.50. The molecule has 2 aliphatic carbocycles. The lowest BCUT2D eigenvalue weighted by Gasteiger charge is -2.31. The lowest BCUT2D eigenvalue weighted by atomic mass is 9.83. The van der Waals surface area contributed by atoms with Gasteiger partial charge in [-0.2, -0.15) is 0 Å². The molecular formula is C27H33NO5S. The van der Waals surface area contributed by atoms with Crippen LogP contribution in [0.4, 0.5) is 0 Å².